The number of aliphatic hydroxyl groups is 1. The summed E-state index contributed by atoms with van der Waals surface area (Å²) in [6.45, 7) is 0. The number of hydrogen-bond acceptors (Lipinski definition) is 3. The molecular formula is C16H16Cl2O3. The molecule has 0 saturated carbocycles. The maximum atomic E-state index is 10.4. The zero-order chi connectivity index (χ0) is 15.4. The van der Waals surface area contributed by atoms with Crippen LogP contribution in [0.1, 0.15) is 17.2 Å². The Bertz CT molecular complexity index is 629. The van der Waals surface area contributed by atoms with E-state index in [1.165, 1.54) is 14.2 Å². The Morgan fingerprint density at radius 2 is 1.86 bits per heavy atom. The number of ether oxygens (including phenoxy) is 2. The lowest BCUT2D eigenvalue weighted by Gasteiger charge is -2.16. The highest BCUT2D eigenvalue weighted by Crippen LogP contribution is 2.38. The van der Waals surface area contributed by atoms with Gasteiger partial charge in [0, 0.05) is 11.4 Å². The third kappa shape index (κ3) is 3.82. The van der Waals surface area contributed by atoms with Crippen molar-refractivity contribution in [1.82, 2.24) is 0 Å². The smallest absolute Gasteiger partial charge is 0.179 e. The van der Waals surface area contributed by atoms with Crippen LogP contribution in [0.2, 0.25) is 10.0 Å². The van der Waals surface area contributed by atoms with Crippen LogP contribution >= 0.6 is 23.2 Å². The molecule has 2 aromatic carbocycles. The molecule has 0 heterocycles. The first-order chi connectivity index (χ1) is 10.0. The summed E-state index contributed by atoms with van der Waals surface area (Å²) in [5, 5.41) is 11.4. The minimum absolute atomic E-state index is 0.400. The second kappa shape index (κ2) is 7.03. The molecule has 0 bridgehead atoms. The molecule has 0 saturated heterocycles. The van der Waals surface area contributed by atoms with Crippen LogP contribution in [-0.4, -0.2) is 19.3 Å². The molecule has 1 unspecified atom stereocenters. The van der Waals surface area contributed by atoms with Crippen molar-refractivity contribution in [1.29, 1.82) is 0 Å². The molecular weight excluding hydrogens is 311 g/mol. The fraction of sp³-hybridized carbons (Fsp3) is 0.250. The Labute approximate surface area is 134 Å². The van der Waals surface area contributed by atoms with Gasteiger partial charge in [0.2, 0.25) is 0 Å². The lowest BCUT2D eigenvalue weighted by Crippen LogP contribution is -2.03. The van der Waals surface area contributed by atoms with Crippen molar-refractivity contribution in [2.45, 2.75) is 12.5 Å². The van der Waals surface area contributed by atoms with E-state index in [2.05, 4.69) is 0 Å². The second-order valence-electron chi connectivity index (χ2n) is 4.59. The van der Waals surface area contributed by atoms with E-state index in [0.29, 0.717) is 33.5 Å². The molecule has 0 aliphatic heterocycles. The molecule has 2 aromatic rings. The van der Waals surface area contributed by atoms with Gasteiger partial charge >= 0.3 is 0 Å². The molecule has 1 N–H and O–H groups in total. The fourth-order valence-corrected chi connectivity index (χ4v) is 2.64. The average Bonchev–Trinajstić information content (AvgIpc) is 2.46. The van der Waals surface area contributed by atoms with Gasteiger partial charge in [-0.1, -0.05) is 35.3 Å². The van der Waals surface area contributed by atoms with Gasteiger partial charge in [-0.25, -0.2) is 0 Å². The molecule has 112 valence electrons. The maximum absolute atomic E-state index is 10.4. The highest BCUT2D eigenvalue weighted by molar-refractivity contribution is 6.32. The Kier molecular flexibility index (Phi) is 5.34. The standard InChI is InChI=1S/C16H16Cl2O3/c1-20-15-9-11(8-13(18)16(15)21-2)14(19)7-10-4-3-5-12(17)6-10/h3-6,8-9,14,19H,7H2,1-2H3. The highest BCUT2D eigenvalue weighted by atomic mass is 35.5. The first-order valence-electron chi connectivity index (χ1n) is 6.39. The van der Waals surface area contributed by atoms with Crippen LogP contribution < -0.4 is 9.47 Å². The quantitative estimate of drug-likeness (QED) is 0.890. The van der Waals surface area contributed by atoms with E-state index in [1.807, 2.05) is 18.2 Å². The van der Waals surface area contributed by atoms with E-state index in [4.69, 9.17) is 32.7 Å². The Morgan fingerprint density at radius 1 is 1.10 bits per heavy atom. The highest BCUT2D eigenvalue weighted by Gasteiger charge is 2.16. The van der Waals surface area contributed by atoms with Crippen LogP contribution in [0.4, 0.5) is 0 Å². The summed E-state index contributed by atoms with van der Waals surface area (Å²) in [6.07, 6.45) is -0.271. The van der Waals surface area contributed by atoms with Gasteiger partial charge in [0.1, 0.15) is 0 Å². The zero-order valence-electron chi connectivity index (χ0n) is 11.8. The molecule has 0 spiro atoms. The van der Waals surface area contributed by atoms with Gasteiger partial charge in [0.05, 0.1) is 25.3 Å². The lowest BCUT2D eigenvalue weighted by molar-refractivity contribution is 0.178. The second-order valence-corrected chi connectivity index (χ2v) is 5.43. The monoisotopic (exact) mass is 326 g/mol. The van der Waals surface area contributed by atoms with Crippen LogP contribution in [0.3, 0.4) is 0 Å². The molecule has 1 atom stereocenters. The van der Waals surface area contributed by atoms with Crippen LogP contribution in [-0.2, 0) is 6.42 Å². The summed E-state index contributed by atoms with van der Waals surface area (Å²) < 4.78 is 10.4. The number of hydrogen-bond donors (Lipinski definition) is 1. The Balaban J connectivity index is 2.27. The summed E-state index contributed by atoms with van der Waals surface area (Å²) >= 11 is 12.1. The lowest BCUT2D eigenvalue weighted by atomic mass is 10.0. The number of rotatable bonds is 5. The van der Waals surface area contributed by atoms with Crippen LogP contribution in [0.5, 0.6) is 11.5 Å². The summed E-state index contributed by atoms with van der Waals surface area (Å²) in [6, 6.07) is 10.8. The van der Waals surface area contributed by atoms with Gasteiger partial charge in [-0.2, -0.15) is 0 Å². The molecule has 0 fully saturated rings. The first-order valence-corrected chi connectivity index (χ1v) is 7.14. The van der Waals surface area contributed by atoms with Gasteiger partial charge in [0.15, 0.2) is 11.5 Å². The third-order valence-corrected chi connectivity index (χ3v) is 3.67. The van der Waals surface area contributed by atoms with Gasteiger partial charge < -0.3 is 14.6 Å². The summed E-state index contributed by atoms with van der Waals surface area (Å²) in [5.41, 5.74) is 1.61. The van der Waals surface area contributed by atoms with Crippen LogP contribution in [0, 0.1) is 0 Å². The van der Waals surface area contributed by atoms with Crippen molar-refractivity contribution >= 4 is 23.2 Å². The third-order valence-electron chi connectivity index (χ3n) is 3.16. The number of benzene rings is 2. The molecule has 2 rings (SSSR count). The van der Waals surface area contributed by atoms with Crippen molar-refractivity contribution in [3.63, 3.8) is 0 Å². The van der Waals surface area contributed by atoms with Crippen LogP contribution in [0.25, 0.3) is 0 Å². The average molecular weight is 327 g/mol. The van der Waals surface area contributed by atoms with Crippen molar-refractivity contribution in [2.24, 2.45) is 0 Å². The zero-order valence-corrected chi connectivity index (χ0v) is 13.3. The predicted molar refractivity (Wildman–Crippen MR) is 84.7 cm³/mol. The molecule has 0 amide bonds. The van der Waals surface area contributed by atoms with Gasteiger partial charge in [-0.05, 0) is 35.4 Å². The molecule has 3 nitrogen and oxygen atoms in total. The minimum atomic E-state index is -0.708. The minimum Gasteiger partial charge on any atom is -0.493 e. The maximum Gasteiger partial charge on any atom is 0.179 e. The SMILES string of the molecule is COc1cc(C(O)Cc2cccc(Cl)c2)cc(Cl)c1OC. The van der Waals surface area contributed by atoms with Crippen molar-refractivity contribution in [3.8, 4) is 11.5 Å². The van der Waals surface area contributed by atoms with Crippen LogP contribution in [0.15, 0.2) is 36.4 Å². The summed E-state index contributed by atoms with van der Waals surface area (Å²) in [5.74, 6) is 0.947. The summed E-state index contributed by atoms with van der Waals surface area (Å²) in [7, 11) is 3.05. The predicted octanol–water partition coefficient (Wildman–Crippen LogP) is 4.29. The van der Waals surface area contributed by atoms with E-state index in [1.54, 1.807) is 18.2 Å². The normalized spacial score (nSPS) is 12.0. The Morgan fingerprint density at radius 3 is 2.48 bits per heavy atom. The molecule has 0 aliphatic rings. The number of methoxy groups -OCH3 is 2. The Hall–Kier alpha value is -1.42. The van der Waals surface area contributed by atoms with E-state index in [9.17, 15) is 5.11 Å². The van der Waals surface area contributed by atoms with Gasteiger partial charge in [-0.3, -0.25) is 0 Å². The van der Waals surface area contributed by atoms with Crippen molar-refractivity contribution in [2.75, 3.05) is 14.2 Å². The molecule has 0 aromatic heterocycles. The molecule has 5 heteroatoms. The van der Waals surface area contributed by atoms with Crippen molar-refractivity contribution in [3.05, 3.63) is 57.6 Å². The molecule has 21 heavy (non-hydrogen) atoms. The van der Waals surface area contributed by atoms with Gasteiger partial charge in [0.25, 0.3) is 0 Å². The van der Waals surface area contributed by atoms with E-state index in [0.717, 1.165) is 5.56 Å². The first kappa shape index (κ1) is 16.0. The summed E-state index contributed by atoms with van der Waals surface area (Å²) in [4.78, 5) is 0. The van der Waals surface area contributed by atoms with E-state index < -0.39 is 6.10 Å². The van der Waals surface area contributed by atoms with E-state index in [-0.39, 0.29) is 0 Å². The number of halogens is 2. The van der Waals surface area contributed by atoms with E-state index >= 15 is 0 Å². The number of aliphatic hydroxyl groups excluding tert-OH is 1. The fourth-order valence-electron chi connectivity index (χ4n) is 2.14. The molecule has 0 radical (unpaired) electrons. The van der Waals surface area contributed by atoms with Crippen molar-refractivity contribution < 1.29 is 14.6 Å². The topological polar surface area (TPSA) is 38.7 Å². The molecule has 0 aliphatic carbocycles. The largest absolute Gasteiger partial charge is 0.493 e. The van der Waals surface area contributed by atoms with Gasteiger partial charge in [-0.15, -0.1) is 0 Å².